The number of rotatable bonds is 7. The SMILES string of the molecule is CSCCN(Cc1ccc(Cl)cc1)Cc1ccc(Cl)nc1. The Bertz CT molecular complexity index is 496. The highest BCUT2D eigenvalue weighted by Crippen LogP contribution is 2.14. The highest BCUT2D eigenvalue weighted by molar-refractivity contribution is 7.98. The molecule has 2 rings (SSSR count). The number of benzene rings is 1. The molecule has 0 radical (unpaired) electrons. The molecule has 1 heterocycles. The first-order valence-electron chi connectivity index (χ1n) is 6.73. The van der Waals surface area contributed by atoms with Gasteiger partial charge in [0.1, 0.15) is 5.15 Å². The number of pyridine rings is 1. The molecule has 0 N–H and O–H groups in total. The Hall–Kier alpha value is -0.740. The van der Waals surface area contributed by atoms with Crippen molar-refractivity contribution < 1.29 is 0 Å². The Morgan fingerprint density at radius 2 is 1.67 bits per heavy atom. The fourth-order valence-electron chi connectivity index (χ4n) is 2.04. The molecule has 112 valence electrons. The van der Waals surface area contributed by atoms with Gasteiger partial charge in [0, 0.05) is 36.6 Å². The van der Waals surface area contributed by atoms with Gasteiger partial charge in [-0.15, -0.1) is 0 Å². The summed E-state index contributed by atoms with van der Waals surface area (Å²) in [6.07, 6.45) is 3.97. The maximum Gasteiger partial charge on any atom is 0.129 e. The number of halogens is 2. The maximum atomic E-state index is 5.94. The van der Waals surface area contributed by atoms with Crippen LogP contribution in [0.25, 0.3) is 0 Å². The average Bonchev–Trinajstić information content (AvgIpc) is 2.49. The zero-order valence-corrected chi connectivity index (χ0v) is 14.3. The summed E-state index contributed by atoms with van der Waals surface area (Å²) in [7, 11) is 0. The summed E-state index contributed by atoms with van der Waals surface area (Å²) in [5.74, 6) is 1.11. The Kier molecular flexibility index (Phi) is 6.84. The van der Waals surface area contributed by atoms with Crippen LogP contribution in [-0.2, 0) is 13.1 Å². The fourth-order valence-corrected chi connectivity index (χ4v) is 2.72. The van der Waals surface area contributed by atoms with Gasteiger partial charge in [0.2, 0.25) is 0 Å². The van der Waals surface area contributed by atoms with E-state index in [0.29, 0.717) is 5.15 Å². The second kappa shape index (κ2) is 8.64. The van der Waals surface area contributed by atoms with E-state index in [0.717, 1.165) is 30.4 Å². The standard InChI is InChI=1S/C16H18Cl2N2S/c1-21-9-8-20(11-13-2-5-15(17)6-3-13)12-14-4-7-16(18)19-10-14/h2-7,10H,8-9,11-12H2,1H3. The summed E-state index contributed by atoms with van der Waals surface area (Å²) >= 11 is 13.6. The normalized spacial score (nSPS) is 11.0. The van der Waals surface area contributed by atoms with Crippen LogP contribution >= 0.6 is 35.0 Å². The second-order valence-electron chi connectivity index (χ2n) is 4.82. The van der Waals surface area contributed by atoms with Crippen molar-refractivity contribution in [3.8, 4) is 0 Å². The van der Waals surface area contributed by atoms with Crippen LogP contribution in [0.1, 0.15) is 11.1 Å². The third kappa shape index (κ3) is 5.87. The molecule has 0 aliphatic rings. The first kappa shape index (κ1) is 16.6. The van der Waals surface area contributed by atoms with Gasteiger partial charge in [0.25, 0.3) is 0 Å². The molecule has 1 aromatic heterocycles. The van der Waals surface area contributed by atoms with E-state index in [-0.39, 0.29) is 0 Å². The van der Waals surface area contributed by atoms with Crippen LogP contribution in [0.5, 0.6) is 0 Å². The molecule has 0 saturated carbocycles. The summed E-state index contributed by atoms with van der Waals surface area (Å²) in [5.41, 5.74) is 2.44. The molecule has 0 spiro atoms. The predicted molar refractivity (Wildman–Crippen MR) is 93.2 cm³/mol. The van der Waals surface area contributed by atoms with Gasteiger partial charge in [0.05, 0.1) is 0 Å². The number of hydrogen-bond acceptors (Lipinski definition) is 3. The third-order valence-corrected chi connectivity index (χ3v) is 4.19. The van der Waals surface area contributed by atoms with Crippen molar-refractivity contribution in [2.24, 2.45) is 0 Å². The van der Waals surface area contributed by atoms with Gasteiger partial charge in [0.15, 0.2) is 0 Å². The van der Waals surface area contributed by atoms with E-state index in [1.54, 1.807) is 0 Å². The zero-order chi connectivity index (χ0) is 15.1. The van der Waals surface area contributed by atoms with E-state index in [2.05, 4.69) is 28.3 Å². The molecule has 0 fully saturated rings. The van der Waals surface area contributed by atoms with Crippen molar-refractivity contribution in [1.82, 2.24) is 9.88 Å². The number of nitrogens with zero attached hydrogens (tertiary/aromatic N) is 2. The lowest BCUT2D eigenvalue weighted by atomic mass is 10.2. The minimum atomic E-state index is 0.534. The fraction of sp³-hybridized carbons (Fsp3) is 0.312. The Morgan fingerprint density at radius 1 is 1.00 bits per heavy atom. The molecule has 5 heteroatoms. The number of aromatic nitrogens is 1. The summed E-state index contributed by atoms with van der Waals surface area (Å²) in [6, 6.07) is 11.9. The molecular formula is C16H18Cl2N2S. The van der Waals surface area contributed by atoms with Crippen LogP contribution in [0.15, 0.2) is 42.6 Å². The molecule has 0 saturated heterocycles. The van der Waals surface area contributed by atoms with Gasteiger partial charge < -0.3 is 0 Å². The Morgan fingerprint density at radius 3 is 2.29 bits per heavy atom. The van der Waals surface area contributed by atoms with Crippen molar-refractivity contribution in [2.75, 3.05) is 18.6 Å². The molecule has 1 aromatic carbocycles. The highest BCUT2D eigenvalue weighted by atomic mass is 35.5. The largest absolute Gasteiger partial charge is 0.294 e. The summed E-state index contributed by atoms with van der Waals surface area (Å²) in [4.78, 5) is 6.55. The first-order valence-corrected chi connectivity index (χ1v) is 8.88. The first-order chi connectivity index (χ1) is 10.2. The van der Waals surface area contributed by atoms with Gasteiger partial charge >= 0.3 is 0 Å². The predicted octanol–water partition coefficient (Wildman–Crippen LogP) is 4.75. The molecule has 0 atom stereocenters. The van der Waals surface area contributed by atoms with Crippen molar-refractivity contribution >= 4 is 35.0 Å². The topological polar surface area (TPSA) is 16.1 Å². The number of hydrogen-bond donors (Lipinski definition) is 0. The van der Waals surface area contributed by atoms with E-state index in [1.165, 1.54) is 11.1 Å². The van der Waals surface area contributed by atoms with Crippen LogP contribution in [0.3, 0.4) is 0 Å². The van der Waals surface area contributed by atoms with Crippen molar-refractivity contribution in [1.29, 1.82) is 0 Å². The average molecular weight is 341 g/mol. The van der Waals surface area contributed by atoms with E-state index in [1.807, 2.05) is 42.2 Å². The molecule has 0 aliphatic carbocycles. The quantitative estimate of drug-likeness (QED) is 0.676. The zero-order valence-electron chi connectivity index (χ0n) is 11.9. The summed E-state index contributed by atoms with van der Waals surface area (Å²) in [6.45, 7) is 2.81. The minimum Gasteiger partial charge on any atom is -0.294 e. The molecule has 0 bridgehead atoms. The van der Waals surface area contributed by atoms with Gasteiger partial charge in [-0.1, -0.05) is 41.4 Å². The van der Waals surface area contributed by atoms with E-state index in [4.69, 9.17) is 23.2 Å². The molecule has 0 amide bonds. The van der Waals surface area contributed by atoms with Gasteiger partial charge in [-0.05, 0) is 35.6 Å². The summed E-state index contributed by atoms with van der Waals surface area (Å²) < 4.78 is 0. The minimum absolute atomic E-state index is 0.534. The lowest BCUT2D eigenvalue weighted by molar-refractivity contribution is 0.273. The van der Waals surface area contributed by atoms with Crippen molar-refractivity contribution in [3.63, 3.8) is 0 Å². The van der Waals surface area contributed by atoms with Crippen LogP contribution in [0.4, 0.5) is 0 Å². The van der Waals surface area contributed by atoms with Crippen LogP contribution in [0.2, 0.25) is 10.2 Å². The number of thioether (sulfide) groups is 1. The molecule has 0 aliphatic heterocycles. The summed E-state index contributed by atoms with van der Waals surface area (Å²) in [5, 5.41) is 1.31. The Labute approximate surface area is 140 Å². The molecule has 0 unspecified atom stereocenters. The van der Waals surface area contributed by atoms with Crippen LogP contribution in [0, 0.1) is 0 Å². The molecular weight excluding hydrogens is 323 g/mol. The van der Waals surface area contributed by atoms with E-state index >= 15 is 0 Å². The molecule has 2 nitrogen and oxygen atoms in total. The highest BCUT2D eigenvalue weighted by Gasteiger charge is 2.07. The van der Waals surface area contributed by atoms with Crippen LogP contribution < -0.4 is 0 Å². The van der Waals surface area contributed by atoms with Gasteiger partial charge in [-0.3, -0.25) is 4.90 Å². The monoisotopic (exact) mass is 340 g/mol. The van der Waals surface area contributed by atoms with E-state index < -0.39 is 0 Å². The van der Waals surface area contributed by atoms with E-state index in [9.17, 15) is 0 Å². The van der Waals surface area contributed by atoms with Crippen molar-refractivity contribution in [2.45, 2.75) is 13.1 Å². The maximum absolute atomic E-state index is 5.94. The molecule has 21 heavy (non-hydrogen) atoms. The third-order valence-electron chi connectivity index (χ3n) is 3.13. The lowest BCUT2D eigenvalue weighted by Crippen LogP contribution is -2.25. The lowest BCUT2D eigenvalue weighted by Gasteiger charge is -2.22. The van der Waals surface area contributed by atoms with Crippen molar-refractivity contribution in [3.05, 3.63) is 63.9 Å². The Balaban J connectivity index is 2.02. The smallest absolute Gasteiger partial charge is 0.129 e. The second-order valence-corrected chi connectivity index (χ2v) is 6.63. The van der Waals surface area contributed by atoms with Crippen LogP contribution in [-0.4, -0.2) is 28.4 Å². The molecule has 2 aromatic rings. The van der Waals surface area contributed by atoms with Gasteiger partial charge in [-0.2, -0.15) is 11.8 Å². The van der Waals surface area contributed by atoms with Gasteiger partial charge in [-0.25, -0.2) is 4.98 Å².